The largest absolute Gasteiger partial charge is 0.336 e. The second-order valence-corrected chi connectivity index (χ2v) is 5.48. The molecule has 1 atom stereocenters. The van der Waals surface area contributed by atoms with E-state index in [0.29, 0.717) is 5.88 Å². The van der Waals surface area contributed by atoms with Gasteiger partial charge in [0.15, 0.2) is 0 Å². The molecule has 0 saturated heterocycles. The van der Waals surface area contributed by atoms with Crippen molar-refractivity contribution in [1.29, 1.82) is 0 Å². The van der Waals surface area contributed by atoms with Crippen LogP contribution in [0.15, 0.2) is 23.6 Å². The third kappa shape index (κ3) is 2.82. The standard InChI is InChI=1S/C13H16ClN3S/c1-9-7-11(8-14)16-13(15-9)17(3)10(2)12-5-4-6-18-12/h4-7,10H,8H2,1-3H3. The minimum absolute atomic E-state index is 0.259. The van der Waals surface area contributed by atoms with Gasteiger partial charge in [0.1, 0.15) is 0 Å². The molecule has 2 aromatic rings. The first kappa shape index (κ1) is 13.3. The van der Waals surface area contributed by atoms with Crippen LogP contribution >= 0.6 is 22.9 Å². The molecule has 0 saturated carbocycles. The summed E-state index contributed by atoms with van der Waals surface area (Å²) < 4.78 is 0. The molecule has 0 aliphatic rings. The van der Waals surface area contributed by atoms with Crippen LogP contribution in [0.2, 0.25) is 0 Å². The zero-order chi connectivity index (χ0) is 13.1. The lowest BCUT2D eigenvalue weighted by molar-refractivity contribution is 0.722. The van der Waals surface area contributed by atoms with Crippen molar-refractivity contribution < 1.29 is 0 Å². The van der Waals surface area contributed by atoms with Gasteiger partial charge in [-0.15, -0.1) is 22.9 Å². The fraction of sp³-hybridized carbons (Fsp3) is 0.385. The molecule has 0 amide bonds. The molecule has 0 bridgehead atoms. The summed E-state index contributed by atoms with van der Waals surface area (Å²) in [6, 6.07) is 6.37. The van der Waals surface area contributed by atoms with Gasteiger partial charge in [0.25, 0.3) is 0 Å². The maximum atomic E-state index is 5.85. The van der Waals surface area contributed by atoms with E-state index in [1.165, 1.54) is 4.88 Å². The van der Waals surface area contributed by atoms with Crippen LogP contribution in [0.4, 0.5) is 5.95 Å². The zero-order valence-electron chi connectivity index (χ0n) is 10.7. The first-order chi connectivity index (χ1) is 8.61. The summed E-state index contributed by atoms with van der Waals surface area (Å²) in [4.78, 5) is 12.3. The summed E-state index contributed by atoms with van der Waals surface area (Å²) in [7, 11) is 2.01. The van der Waals surface area contributed by atoms with Gasteiger partial charge < -0.3 is 4.90 Å². The summed E-state index contributed by atoms with van der Waals surface area (Å²) in [5, 5.41) is 2.08. The van der Waals surface area contributed by atoms with E-state index in [0.717, 1.165) is 17.3 Å². The predicted octanol–water partition coefficient (Wildman–Crippen LogP) is 3.78. The molecule has 5 heteroatoms. The number of alkyl halides is 1. The molecule has 18 heavy (non-hydrogen) atoms. The second-order valence-electron chi connectivity index (χ2n) is 4.24. The number of hydrogen-bond donors (Lipinski definition) is 0. The topological polar surface area (TPSA) is 29.0 Å². The highest BCUT2D eigenvalue weighted by Gasteiger charge is 2.16. The molecule has 0 aromatic carbocycles. The number of rotatable bonds is 4. The maximum Gasteiger partial charge on any atom is 0.226 e. The summed E-state index contributed by atoms with van der Waals surface area (Å²) in [6.45, 7) is 4.11. The van der Waals surface area contributed by atoms with E-state index >= 15 is 0 Å². The lowest BCUT2D eigenvalue weighted by Gasteiger charge is -2.24. The Morgan fingerprint density at radius 3 is 2.83 bits per heavy atom. The molecule has 1 unspecified atom stereocenters. The SMILES string of the molecule is Cc1cc(CCl)nc(N(C)C(C)c2cccs2)n1. The number of halogens is 1. The third-order valence-electron chi connectivity index (χ3n) is 2.88. The first-order valence-electron chi connectivity index (χ1n) is 5.78. The fourth-order valence-corrected chi connectivity index (χ4v) is 2.70. The molecule has 96 valence electrons. The van der Waals surface area contributed by atoms with E-state index in [2.05, 4.69) is 39.3 Å². The minimum Gasteiger partial charge on any atom is -0.336 e. The highest BCUT2D eigenvalue weighted by atomic mass is 35.5. The first-order valence-corrected chi connectivity index (χ1v) is 7.20. The number of aryl methyl sites for hydroxylation is 1. The van der Waals surface area contributed by atoms with Crippen molar-refractivity contribution in [2.24, 2.45) is 0 Å². The van der Waals surface area contributed by atoms with Crippen LogP contribution in [0.5, 0.6) is 0 Å². The Kier molecular flexibility index (Phi) is 4.19. The van der Waals surface area contributed by atoms with Crippen molar-refractivity contribution in [3.05, 3.63) is 39.8 Å². The van der Waals surface area contributed by atoms with Gasteiger partial charge in [0, 0.05) is 17.6 Å². The highest BCUT2D eigenvalue weighted by molar-refractivity contribution is 7.10. The molecule has 2 heterocycles. The smallest absolute Gasteiger partial charge is 0.226 e. The molecule has 0 aliphatic heterocycles. The molecule has 0 spiro atoms. The van der Waals surface area contributed by atoms with Gasteiger partial charge in [-0.05, 0) is 31.4 Å². The summed E-state index contributed by atoms with van der Waals surface area (Å²) in [5.74, 6) is 1.14. The second kappa shape index (κ2) is 5.67. The lowest BCUT2D eigenvalue weighted by atomic mass is 10.2. The molecule has 0 radical (unpaired) electrons. The van der Waals surface area contributed by atoms with E-state index in [9.17, 15) is 0 Å². The van der Waals surface area contributed by atoms with Gasteiger partial charge in [-0.3, -0.25) is 0 Å². The highest BCUT2D eigenvalue weighted by Crippen LogP contribution is 2.26. The Morgan fingerprint density at radius 2 is 2.22 bits per heavy atom. The van der Waals surface area contributed by atoms with Crippen LogP contribution in [0.25, 0.3) is 0 Å². The number of thiophene rings is 1. The molecule has 2 aromatic heterocycles. The number of nitrogens with zero attached hydrogens (tertiary/aromatic N) is 3. The normalized spacial score (nSPS) is 12.4. The Labute approximate surface area is 116 Å². The predicted molar refractivity (Wildman–Crippen MR) is 77.5 cm³/mol. The molecular formula is C13H16ClN3S. The van der Waals surface area contributed by atoms with Crippen molar-refractivity contribution in [3.63, 3.8) is 0 Å². The summed E-state index contributed by atoms with van der Waals surface area (Å²) in [6.07, 6.45) is 0. The van der Waals surface area contributed by atoms with Crippen LogP contribution in [-0.2, 0) is 5.88 Å². The monoisotopic (exact) mass is 281 g/mol. The quantitative estimate of drug-likeness (QED) is 0.799. The Balaban J connectivity index is 2.28. The van der Waals surface area contributed by atoms with Crippen LogP contribution in [0.1, 0.15) is 29.2 Å². The molecule has 0 N–H and O–H groups in total. The average Bonchev–Trinajstić information content (AvgIpc) is 2.90. The number of anilines is 1. The van der Waals surface area contributed by atoms with Gasteiger partial charge in [0.2, 0.25) is 5.95 Å². The van der Waals surface area contributed by atoms with Crippen molar-refractivity contribution in [3.8, 4) is 0 Å². The Bertz CT molecular complexity index is 513. The summed E-state index contributed by atoms with van der Waals surface area (Å²) >= 11 is 7.59. The molecular weight excluding hydrogens is 266 g/mol. The average molecular weight is 282 g/mol. The van der Waals surface area contributed by atoms with E-state index < -0.39 is 0 Å². The zero-order valence-corrected chi connectivity index (χ0v) is 12.3. The minimum atomic E-state index is 0.259. The number of aromatic nitrogens is 2. The molecule has 0 aliphatic carbocycles. The van der Waals surface area contributed by atoms with Gasteiger partial charge in [-0.2, -0.15) is 0 Å². The summed E-state index contributed by atoms with van der Waals surface area (Å²) in [5.41, 5.74) is 1.81. The maximum absolute atomic E-state index is 5.85. The lowest BCUT2D eigenvalue weighted by Crippen LogP contribution is -2.23. The van der Waals surface area contributed by atoms with Gasteiger partial charge in [0.05, 0.1) is 17.6 Å². The van der Waals surface area contributed by atoms with Crippen LogP contribution in [-0.4, -0.2) is 17.0 Å². The molecule has 3 nitrogen and oxygen atoms in total. The van der Waals surface area contributed by atoms with E-state index in [-0.39, 0.29) is 6.04 Å². The van der Waals surface area contributed by atoms with Gasteiger partial charge in [-0.25, -0.2) is 9.97 Å². The van der Waals surface area contributed by atoms with Gasteiger partial charge in [-0.1, -0.05) is 6.07 Å². The van der Waals surface area contributed by atoms with Crippen LogP contribution in [0, 0.1) is 6.92 Å². The molecule has 0 fully saturated rings. The fourth-order valence-electron chi connectivity index (χ4n) is 1.74. The van der Waals surface area contributed by atoms with E-state index in [1.54, 1.807) is 11.3 Å². The molecule has 2 rings (SSSR count). The Morgan fingerprint density at radius 1 is 1.44 bits per heavy atom. The van der Waals surface area contributed by atoms with Crippen LogP contribution < -0.4 is 4.90 Å². The van der Waals surface area contributed by atoms with Gasteiger partial charge >= 0.3 is 0 Å². The van der Waals surface area contributed by atoms with E-state index in [1.807, 2.05) is 20.0 Å². The Hall–Kier alpha value is -1.13. The van der Waals surface area contributed by atoms with Crippen molar-refractivity contribution in [2.45, 2.75) is 25.8 Å². The van der Waals surface area contributed by atoms with E-state index in [4.69, 9.17) is 11.6 Å². The van der Waals surface area contributed by atoms with Crippen molar-refractivity contribution in [2.75, 3.05) is 11.9 Å². The van der Waals surface area contributed by atoms with Crippen LogP contribution in [0.3, 0.4) is 0 Å². The van der Waals surface area contributed by atoms with Crippen molar-refractivity contribution >= 4 is 28.9 Å². The third-order valence-corrected chi connectivity index (χ3v) is 4.20. The number of hydrogen-bond acceptors (Lipinski definition) is 4. The van der Waals surface area contributed by atoms with Crippen molar-refractivity contribution in [1.82, 2.24) is 9.97 Å².